The molecule has 0 aromatic rings. The highest BCUT2D eigenvalue weighted by Crippen LogP contribution is 2.39. The molecule has 0 aliphatic carbocycles. The van der Waals surface area contributed by atoms with Gasteiger partial charge in [0.2, 0.25) is 0 Å². The molecule has 1 atom stereocenters. The van der Waals surface area contributed by atoms with E-state index in [-0.39, 0.29) is 17.4 Å². The Morgan fingerprint density at radius 2 is 1.69 bits per heavy atom. The highest BCUT2D eigenvalue weighted by Gasteiger charge is 2.44. The first-order valence-electron chi connectivity index (χ1n) is 6.51. The molecule has 2 saturated heterocycles. The molecule has 0 aromatic heterocycles. The Bertz CT molecular complexity index is 228. The molecule has 94 valence electrons. The lowest BCUT2D eigenvalue weighted by Gasteiger charge is -2.51. The minimum absolute atomic E-state index is 0.0170. The van der Waals surface area contributed by atoms with Crippen LogP contribution in [0.25, 0.3) is 0 Å². The van der Waals surface area contributed by atoms with Crippen LogP contribution in [0, 0.1) is 0 Å². The van der Waals surface area contributed by atoms with Crippen LogP contribution < -0.4 is 0 Å². The van der Waals surface area contributed by atoms with Crippen molar-refractivity contribution in [2.45, 2.75) is 77.2 Å². The number of ether oxygens (including phenoxy) is 1. The van der Waals surface area contributed by atoms with E-state index in [2.05, 4.69) is 32.8 Å². The second kappa shape index (κ2) is 4.28. The van der Waals surface area contributed by atoms with Crippen LogP contribution in [0.3, 0.4) is 0 Å². The Morgan fingerprint density at radius 1 is 1.06 bits per heavy atom. The Morgan fingerprint density at radius 3 is 2.19 bits per heavy atom. The summed E-state index contributed by atoms with van der Waals surface area (Å²) in [6, 6.07) is 0. The minimum Gasteiger partial charge on any atom is -0.351 e. The quantitative estimate of drug-likeness (QED) is 0.723. The molecule has 2 aliphatic heterocycles. The summed E-state index contributed by atoms with van der Waals surface area (Å²) < 4.78 is 5.58. The topological polar surface area (TPSA) is 21.7 Å². The van der Waals surface area contributed by atoms with Gasteiger partial charge in [-0.3, -0.25) is 4.84 Å². The molecule has 0 N–H and O–H groups in total. The van der Waals surface area contributed by atoms with E-state index in [0.29, 0.717) is 0 Å². The fourth-order valence-electron chi connectivity index (χ4n) is 3.01. The van der Waals surface area contributed by atoms with Crippen LogP contribution >= 0.6 is 0 Å². The second-order valence-corrected chi connectivity index (χ2v) is 6.32. The standard InChI is InChI=1S/C13H25NO2/c1-12(2)8-6-9-13(3,4)14(12)16-11-7-5-10-15-11/h11H,5-10H2,1-4H3. The summed E-state index contributed by atoms with van der Waals surface area (Å²) in [7, 11) is 0. The van der Waals surface area contributed by atoms with Crippen LogP contribution in [0.4, 0.5) is 0 Å². The summed E-state index contributed by atoms with van der Waals surface area (Å²) >= 11 is 0. The lowest BCUT2D eigenvalue weighted by Crippen LogP contribution is -2.59. The van der Waals surface area contributed by atoms with Crippen LogP contribution in [0.15, 0.2) is 0 Å². The van der Waals surface area contributed by atoms with Gasteiger partial charge >= 0.3 is 0 Å². The van der Waals surface area contributed by atoms with Gasteiger partial charge in [-0.15, -0.1) is 0 Å². The number of piperidine rings is 1. The van der Waals surface area contributed by atoms with Crippen LogP contribution in [0.2, 0.25) is 0 Å². The summed E-state index contributed by atoms with van der Waals surface area (Å²) in [4.78, 5) is 6.09. The van der Waals surface area contributed by atoms with E-state index < -0.39 is 0 Å². The van der Waals surface area contributed by atoms with Crippen molar-refractivity contribution in [3.63, 3.8) is 0 Å². The predicted octanol–water partition coefficient (Wildman–Crippen LogP) is 3.10. The number of hydroxylamine groups is 2. The molecule has 2 aliphatic rings. The molecular weight excluding hydrogens is 202 g/mol. The Balaban J connectivity index is 2.06. The van der Waals surface area contributed by atoms with Gasteiger partial charge in [-0.1, -0.05) is 0 Å². The van der Waals surface area contributed by atoms with E-state index in [4.69, 9.17) is 9.57 Å². The lowest BCUT2D eigenvalue weighted by molar-refractivity contribution is -0.344. The predicted molar refractivity (Wildman–Crippen MR) is 63.9 cm³/mol. The average molecular weight is 227 g/mol. The van der Waals surface area contributed by atoms with Crippen molar-refractivity contribution in [3.8, 4) is 0 Å². The highest BCUT2D eigenvalue weighted by atomic mass is 16.8. The summed E-state index contributed by atoms with van der Waals surface area (Å²) in [6.45, 7) is 9.91. The van der Waals surface area contributed by atoms with Crippen LogP contribution in [0.1, 0.15) is 59.8 Å². The van der Waals surface area contributed by atoms with Crippen LogP contribution in [-0.2, 0) is 9.57 Å². The van der Waals surface area contributed by atoms with E-state index in [1.54, 1.807) is 0 Å². The van der Waals surface area contributed by atoms with Crippen molar-refractivity contribution in [2.75, 3.05) is 6.61 Å². The van der Waals surface area contributed by atoms with Gasteiger partial charge in [0.05, 0.1) is 6.61 Å². The zero-order chi connectivity index (χ0) is 11.8. The third-order valence-electron chi connectivity index (χ3n) is 3.79. The van der Waals surface area contributed by atoms with E-state index in [1.165, 1.54) is 19.3 Å². The third kappa shape index (κ3) is 2.41. The molecule has 16 heavy (non-hydrogen) atoms. The maximum atomic E-state index is 6.09. The van der Waals surface area contributed by atoms with Crippen molar-refractivity contribution in [1.82, 2.24) is 5.06 Å². The van der Waals surface area contributed by atoms with E-state index in [1.807, 2.05) is 0 Å². The number of hydrogen-bond acceptors (Lipinski definition) is 3. The fourth-order valence-corrected chi connectivity index (χ4v) is 3.01. The van der Waals surface area contributed by atoms with Crippen molar-refractivity contribution < 1.29 is 9.57 Å². The van der Waals surface area contributed by atoms with E-state index >= 15 is 0 Å². The first-order valence-corrected chi connectivity index (χ1v) is 6.51. The van der Waals surface area contributed by atoms with Gasteiger partial charge in [0, 0.05) is 17.5 Å². The van der Waals surface area contributed by atoms with Gasteiger partial charge in [0.25, 0.3) is 0 Å². The van der Waals surface area contributed by atoms with Gasteiger partial charge < -0.3 is 4.74 Å². The van der Waals surface area contributed by atoms with Crippen LogP contribution in [-0.4, -0.2) is 29.0 Å². The molecule has 3 nitrogen and oxygen atoms in total. The maximum Gasteiger partial charge on any atom is 0.177 e. The second-order valence-electron chi connectivity index (χ2n) is 6.32. The molecule has 2 fully saturated rings. The maximum absolute atomic E-state index is 6.09. The van der Waals surface area contributed by atoms with Crippen molar-refractivity contribution >= 4 is 0 Å². The van der Waals surface area contributed by atoms with Gasteiger partial charge in [-0.05, 0) is 53.4 Å². The molecule has 0 bridgehead atoms. The van der Waals surface area contributed by atoms with Gasteiger partial charge in [0.1, 0.15) is 0 Å². The molecule has 0 spiro atoms. The van der Waals surface area contributed by atoms with Crippen LogP contribution in [0.5, 0.6) is 0 Å². The summed E-state index contributed by atoms with van der Waals surface area (Å²) in [5.41, 5.74) is 0.238. The monoisotopic (exact) mass is 227 g/mol. The number of nitrogens with zero attached hydrogens (tertiary/aromatic N) is 1. The summed E-state index contributed by atoms with van der Waals surface area (Å²) in [5.74, 6) is 0. The molecular formula is C13H25NO2. The largest absolute Gasteiger partial charge is 0.351 e. The Labute approximate surface area is 99.0 Å². The highest BCUT2D eigenvalue weighted by molar-refractivity contribution is 4.92. The lowest BCUT2D eigenvalue weighted by atomic mass is 9.82. The first kappa shape index (κ1) is 12.3. The minimum atomic E-state index is -0.0170. The SMILES string of the molecule is CC1(C)CCCC(C)(C)N1OC1CCCO1. The van der Waals surface area contributed by atoms with E-state index in [9.17, 15) is 0 Å². The third-order valence-corrected chi connectivity index (χ3v) is 3.79. The molecule has 2 heterocycles. The fraction of sp³-hybridized carbons (Fsp3) is 1.00. The van der Waals surface area contributed by atoms with Gasteiger partial charge in [0.15, 0.2) is 6.29 Å². The molecule has 0 saturated carbocycles. The number of rotatable bonds is 2. The van der Waals surface area contributed by atoms with Crippen molar-refractivity contribution in [2.24, 2.45) is 0 Å². The summed E-state index contributed by atoms with van der Waals surface area (Å²) in [5, 5.41) is 2.19. The molecule has 1 unspecified atom stereocenters. The van der Waals surface area contributed by atoms with Crippen molar-refractivity contribution in [3.05, 3.63) is 0 Å². The van der Waals surface area contributed by atoms with E-state index in [0.717, 1.165) is 19.4 Å². The molecule has 3 heteroatoms. The van der Waals surface area contributed by atoms with Gasteiger partial charge in [-0.25, -0.2) is 0 Å². The summed E-state index contributed by atoms with van der Waals surface area (Å²) in [6.07, 6.45) is 5.82. The zero-order valence-corrected chi connectivity index (χ0v) is 11.1. The Kier molecular flexibility index (Phi) is 3.30. The molecule has 0 amide bonds. The number of hydrogen-bond donors (Lipinski definition) is 0. The molecule has 0 radical (unpaired) electrons. The van der Waals surface area contributed by atoms with Gasteiger partial charge in [-0.2, -0.15) is 5.06 Å². The molecule has 0 aromatic carbocycles. The smallest absolute Gasteiger partial charge is 0.177 e. The Hall–Kier alpha value is -0.120. The van der Waals surface area contributed by atoms with Crippen molar-refractivity contribution in [1.29, 1.82) is 0 Å². The molecule has 2 rings (SSSR count). The normalized spacial score (nSPS) is 34.1. The first-order chi connectivity index (χ1) is 7.42. The average Bonchev–Trinajstić information content (AvgIpc) is 2.63. The zero-order valence-electron chi connectivity index (χ0n) is 11.1.